The minimum absolute atomic E-state index is 0.0162. The van der Waals surface area contributed by atoms with Gasteiger partial charge in [-0.1, -0.05) is 0 Å². The van der Waals surface area contributed by atoms with E-state index >= 15 is 0 Å². The summed E-state index contributed by atoms with van der Waals surface area (Å²) in [5.74, 6) is 0.378. The number of rotatable bonds is 10. The third kappa shape index (κ3) is 5.09. The molecule has 0 amide bonds. The zero-order valence-corrected chi connectivity index (χ0v) is 20.0. The van der Waals surface area contributed by atoms with Crippen LogP contribution in [0.5, 0.6) is 11.6 Å². The van der Waals surface area contributed by atoms with Crippen LogP contribution in [0.1, 0.15) is 41.7 Å². The third-order valence-electron chi connectivity index (χ3n) is 5.37. The van der Waals surface area contributed by atoms with Crippen LogP contribution in [-0.4, -0.2) is 44.6 Å². The van der Waals surface area contributed by atoms with E-state index < -0.39 is 12.0 Å². The Hall–Kier alpha value is -3.72. The van der Waals surface area contributed by atoms with Crippen molar-refractivity contribution in [3.8, 4) is 22.2 Å². The van der Waals surface area contributed by atoms with Crippen LogP contribution in [0.3, 0.4) is 0 Å². The largest absolute Gasteiger partial charge is 0.493 e. The summed E-state index contributed by atoms with van der Waals surface area (Å²) in [5.41, 5.74) is 2.43. The maximum Gasteiger partial charge on any atom is 0.326 e. The van der Waals surface area contributed by atoms with Gasteiger partial charge in [0.15, 0.2) is 5.78 Å². The number of carboxylic acid groups (broad SMARTS) is 1. The molecule has 3 aromatic heterocycles. The van der Waals surface area contributed by atoms with Gasteiger partial charge in [0, 0.05) is 48.3 Å². The number of nitrogens with zero attached hydrogens (tertiary/aromatic N) is 3. The molecule has 1 unspecified atom stereocenters. The van der Waals surface area contributed by atoms with E-state index in [0.717, 1.165) is 32.9 Å². The second kappa shape index (κ2) is 10.0. The van der Waals surface area contributed by atoms with Gasteiger partial charge in [-0.3, -0.25) is 4.79 Å². The number of benzene rings is 1. The number of aryl methyl sites for hydroxylation is 1. The molecular weight excluding hydrogens is 454 g/mol. The molecule has 9 heteroatoms. The number of fused-ring (bicyclic) bond motifs is 1. The normalized spacial score (nSPS) is 12.0. The van der Waals surface area contributed by atoms with Crippen molar-refractivity contribution in [3.63, 3.8) is 0 Å². The molecule has 0 aliphatic rings. The summed E-state index contributed by atoms with van der Waals surface area (Å²) in [6.07, 6.45) is 4.14. The van der Waals surface area contributed by atoms with Crippen LogP contribution in [0, 0.1) is 6.92 Å². The fourth-order valence-electron chi connectivity index (χ4n) is 3.55. The number of aliphatic carboxylic acids is 1. The number of Topliss-reactive ketones (excluding diaryl/α,β-unsaturated/α-hetero) is 1. The van der Waals surface area contributed by atoms with Crippen LogP contribution >= 0.6 is 11.3 Å². The van der Waals surface area contributed by atoms with Gasteiger partial charge in [-0.2, -0.15) is 0 Å². The highest BCUT2D eigenvalue weighted by atomic mass is 32.1. The molecule has 0 aliphatic carbocycles. The first-order valence-corrected chi connectivity index (χ1v) is 11.7. The molecule has 0 saturated heterocycles. The van der Waals surface area contributed by atoms with E-state index in [1.807, 2.05) is 37.3 Å². The molecular formula is C25H25N3O5S. The van der Waals surface area contributed by atoms with Crippen LogP contribution in [-0.2, 0) is 4.79 Å². The Morgan fingerprint density at radius 1 is 1.15 bits per heavy atom. The topological polar surface area (TPSA) is 104 Å². The van der Waals surface area contributed by atoms with Crippen LogP contribution in [0.15, 0.2) is 48.8 Å². The number of carboxylic acids is 1. The summed E-state index contributed by atoms with van der Waals surface area (Å²) in [7, 11) is 0. The van der Waals surface area contributed by atoms with E-state index in [0.29, 0.717) is 30.4 Å². The number of thiazole rings is 1. The predicted octanol–water partition coefficient (Wildman–Crippen LogP) is 5.16. The Kier molecular flexibility index (Phi) is 6.93. The van der Waals surface area contributed by atoms with Crippen molar-refractivity contribution in [1.82, 2.24) is 14.5 Å². The van der Waals surface area contributed by atoms with Crippen molar-refractivity contribution in [2.75, 3.05) is 13.2 Å². The van der Waals surface area contributed by atoms with Crippen molar-refractivity contribution in [1.29, 1.82) is 0 Å². The highest BCUT2D eigenvalue weighted by Crippen LogP contribution is 2.29. The summed E-state index contributed by atoms with van der Waals surface area (Å²) in [6, 6.07) is 10.5. The summed E-state index contributed by atoms with van der Waals surface area (Å²) in [6.45, 7) is 5.95. The fourth-order valence-corrected chi connectivity index (χ4v) is 4.50. The minimum atomic E-state index is -0.873. The van der Waals surface area contributed by atoms with E-state index in [1.165, 1.54) is 11.3 Å². The van der Waals surface area contributed by atoms with E-state index in [1.54, 1.807) is 36.9 Å². The lowest BCUT2D eigenvalue weighted by Gasteiger charge is -2.11. The van der Waals surface area contributed by atoms with Crippen molar-refractivity contribution < 1.29 is 24.2 Å². The molecule has 1 aromatic carbocycles. The first kappa shape index (κ1) is 23.4. The number of ketones is 1. The van der Waals surface area contributed by atoms with Gasteiger partial charge in [0.2, 0.25) is 5.88 Å². The Balaban J connectivity index is 1.26. The second-order valence-electron chi connectivity index (χ2n) is 7.88. The highest BCUT2D eigenvalue weighted by molar-refractivity contribution is 7.17. The second-order valence-corrected chi connectivity index (χ2v) is 8.88. The highest BCUT2D eigenvalue weighted by Gasteiger charge is 2.15. The van der Waals surface area contributed by atoms with Gasteiger partial charge < -0.3 is 19.1 Å². The summed E-state index contributed by atoms with van der Waals surface area (Å²) in [5, 5.41) is 10.9. The minimum Gasteiger partial charge on any atom is -0.493 e. The number of carbonyl (C=O) groups excluding carboxylic acids is 1. The lowest BCUT2D eigenvalue weighted by molar-refractivity contribution is -0.140. The number of hydrogen-bond acceptors (Lipinski definition) is 7. The predicted molar refractivity (Wildman–Crippen MR) is 130 cm³/mol. The fraction of sp³-hybridized carbons (Fsp3) is 0.280. The quantitative estimate of drug-likeness (QED) is 0.247. The first-order valence-electron chi connectivity index (χ1n) is 10.9. The summed E-state index contributed by atoms with van der Waals surface area (Å²) >= 11 is 1.37. The van der Waals surface area contributed by atoms with Gasteiger partial charge in [-0.05, 0) is 44.2 Å². The van der Waals surface area contributed by atoms with Gasteiger partial charge >= 0.3 is 5.97 Å². The molecule has 0 bridgehead atoms. The average Bonchev–Trinajstić information content (AvgIpc) is 3.42. The molecule has 34 heavy (non-hydrogen) atoms. The third-order valence-corrected chi connectivity index (χ3v) is 6.68. The molecule has 0 spiro atoms. The number of hydrogen-bond donors (Lipinski definition) is 1. The number of ether oxygens (including phenoxy) is 2. The standard InChI is InChI=1S/C25H25N3O5S/c1-15-23(17(3)29)34-24(27-15)19-5-8-22(26-14-19)33-12-4-11-32-20-6-7-21-18(13-20)9-10-28(21)16(2)25(30)31/h5-10,13-14,16H,4,11-12H2,1-3H3,(H,30,31). The average molecular weight is 480 g/mol. The molecule has 0 aliphatic heterocycles. The van der Waals surface area contributed by atoms with Gasteiger partial charge in [0.1, 0.15) is 16.8 Å². The molecule has 3 heterocycles. The number of pyridine rings is 1. The number of carbonyl (C=O) groups is 2. The van der Waals surface area contributed by atoms with E-state index in [2.05, 4.69) is 9.97 Å². The van der Waals surface area contributed by atoms with Crippen LogP contribution in [0.4, 0.5) is 0 Å². The molecule has 0 radical (unpaired) electrons. The van der Waals surface area contributed by atoms with Gasteiger partial charge in [-0.25, -0.2) is 14.8 Å². The summed E-state index contributed by atoms with van der Waals surface area (Å²) < 4.78 is 13.2. The Morgan fingerprint density at radius 3 is 2.62 bits per heavy atom. The van der Waals surface area contributed by atoms with Crippen LogP contribution < -0.4 is 9.47 Å². The van der Waals surface area contributed by atoms with Crippen LogP contribution in [0.25, 0.3) is 21.5 Å². The molecule has 8 nitrogen and oxygen atoms in total. The molecule has 176 valence electrons. The smallest absolute Gasteiger partial charge is 0.326 e. The van der Waals surface area contributed by atoms with Crippen molar-refractivity contribution >= 4 is 34.0 Å². The van der Waals surface area contributed by atoms with Gasteiger partial charge in [0.05, 0.1) is 23.8 Å². The van der Waals surface area contributed by atoms with Crippen molar-refractivity contribution in [2.24, 2.45) is 0 Å². The maximum atomic E-state index is 11.6. The molecule has 0 fully saturated rings. The Bertz CT molecular complexity index is 1330. The molecule has 4 aromatic rings. The first-order chi connectivity index (χ1) is 16.3. The van der Waals surface area contributed by atoms with Crippen molar-refractivity contribution in [2.45, 2.75) is 33.2 Å². The maximum absolute atomic E-state index is 11.6. The number of aromatic nitrogens is 3. The lowest BCUT2D eigenvalue weighted by atomic mass is 10.2. The van der Waals surface area contributed by atoms with Crippen molar-refractivity contribution in [3.05, 3.63) is 59.4 Å². The molecule has 0 saturated carbocycles. The van der Waals surface area contributed by atoms with Crippen LogP contribution in [0.2, 0.25) is 0 Å². The monoisotopic (exact) mass is 479 g/mol. The zero-order valence-electron chi connectivity index (χ0n) is 19.1. The molecule has 1 N–H and O–H groups in total. The SMILES string of the molecule is CC(=O)c1sc(-c2ccc(OCCCOc3ccc4c(ccn4C(C)C(=O)O)c3)nc2)nc1C. The lowest BCUT2D eigenvalue weighted by Crippen LogP contribution is -2.14. The van der Waals surface area contributed by atoms with Gasteiger partial charge in [0.25, 0.3) is 0 Å². The van der Waals surface area contributed by atoms with E-state index in [9.17, 15) is 14.7 Å². The Labute approximate surface area is 200 Å². The van der Waals surface area contributed by atoms with E-state index in [4.69, 9.17) is 9.47 Å². The van der Waals surface area contributed by atoms with E-state index in [-0.39, 0.29) is 5.78 Å². The summed E-state index contributed by atoms with van der Waals surface area (Å²) in [4.78, 5) is 32.3. The van der Waals surface area contributed by atoms with Gasteiger partial charge in [-0.15, -0.1) is 11.3 Å². The molecule has 1 atom stereocenters. The zero-order chi connectivity index (χ0) is 24.2. The molecule has 4 rings (SSSR count). The Morgan fingerprint density at radius 2 is 1.94 bits per heavy atom.